The maximum absolute atomic E-state index is 12.7. The van der Waals surface area contributed by atoms with Gasteiger partial charge in [-0.05, 0) is 97.7 Å². The Morgan fingerprint density at radius 1 is 1.00 bits per heavy atom. The topological polar surface area (TPSA) is 149 Å². The van der Waals surface area contributed by atoms with E-state index in [2.05, 4.69) is 40.7 Å². The van der Waals surface area contributed by atoms with Crippen LogP contribution in [-0.4, -0.2) is 63.8 Å². The first-order valence-corrected chi connectivity index (χ1v) is 18.3. The molecule has 4 N–H and O–H groups in total. The first-order chi connectivity index (χ1) is 20.2. The Labute approximate surface area is 286 Å². The minimum atomic E-state index is -4.76. The van der Waals surface area contributed by atoms with Crippen molar-refractivity contribution in [2.45, 2.75) is 142 Å². The summed E-state index contributed by atoms with van der Waals surface area (Å²) in [6.45, 7) is 11.5. The van der Waals surface area contributed by atoms with E-state index < -0.39 is 51.2 Å². The van der Waals surface area contributed by atoms with Gasteiger partial charge in [-0.25, -0.2) is 0 Å². The van der Waals surface area contributed by atoms with Crippen LogP contribution in [0.2, 0.25) is 0 Å². The zero-order valence-electron chi connectivity index (χ0n) is 27.8. The van der Waals surface area contributed by atoms with Crippen LogP contribution in [0.5, 0.6) is 0 Å². The van der Waals surface area contributed by atoms with E-state index in [1.165, 1.54) is 50.5 Å². The molecule has 1 saturated heterocycles. The summed E-state index contributed by atoms with van der Waals surface area (Å²) < 4.78 is 28.3. The molecular formula is C33H56NaO9P. The Hall–Kier alpha value is 0.650. The third-order valence-corrected chi connectivity index (χ3v) is 13.6. The average molecular weight is 651 g/mol. The third-order valence-electron chi connectivity index (χ3n) is 12.6. The third kappa shape index (κ3) is 7.45. The molecule has 44 heavy (non-hydrogen) atoms. The van der Waals surface area contributed by atoms with Gasteiger partial charge in [0.15, 0.2) is 6.29 Å². The Morgan fingerprint density at radius 2 is 1.73 bits per heavy atom. The number of allylic oxidation sites excluding steroid dienone is 1. The second-order valence-corrected chi connectivity index (χ2v) is 16.9. The predicted octanol–water partition coefficient (Wildman–Crippen LogP) is 1.70. The van der Waals surface area contributed by atoms with Crippen LogP contribution >= 0.6 is 7.82 Å². The molecule has 0 radical (unpaired) electrons. The standard InChI is InChI=1S/C33H57O9P.Na/c1-19(2)7-6-8-20(3)24-11-12-25-23-10-9-21-17-22(13-15-32(21,4)26(23)14-16-33(24,25)5)42-43(38,39)40-18-27-28(34)29(35)30(36)31(37)41-27;/h9,19-20,22-31,34-37H,6-8,10-18H2,1-5H3,(H,38,39);/q;+1/p-1/t20-,22+,23+,24-,25+,26+,27-,28-,29+,30-,31?,32+,33-;/m1./s1. The van der Waals surface area contributed by atoms with E-state index in [0.29, 0.717) is 30.1 Å². The van der Waals surface area contributed by atoms with Gasteiger partial charge in [-0.3, -0.25) is 4.57 Å². The van der Waals surface area contributed by atoms with Crippen molar-refractivity contribution in [1.82, 2.24) is 0 Å². The number of phosphoric ester groups is 1. The van der Waals surface area contributed by atoms with Crippen LogP contribution in [-0.2, 0) is 18.3 Å². The largest absolute Gasteiger partial charge is 1.00 e. The Kier molecular flexibility index (Phi) is 12.5. The summed E-state index contributed by atoms with van der Waals surface area (Å²) in [6, 6.07) is 0. The van der Waals surface area contributed by atoms with Crippen molar-refractivity contribution in [3.8, 4) is 0 Å². The summed E-state index contributed by atoms with van der Waals surface area (Å²) >= 11 is 0. The summed E-state index contributed by atoms with van der Waals surface area (Å²) in [5.41, 5.74) is 1.80. The molecule has 0 aromatic heterocycles. The smallest absolute Gasteiger partial charge is 0.756 e. The van der Waals surface area contributed by atoms with Crippen LogP contribution in [0.25, 0.3) is 0 Å². The van der Waals surface area contributed by atoms with E-state index in [1.807, 2.05) is 0 Å². The van der Waals surface area contributed by atoms with Gasteiger partial charge >= 0.3 is 29.6 Å². The number of aliphatic hydroxyl groups excluding tert-OH is 4. The summed E-state index contributed by atoms with van der Waals surface area (Å²) in [5, 5.41) is 39.3. The minimum absolute atomic E-state index is 0. The molecule has 0 aromatic carbocycles. The van der Waals surface area contributed by atoms with Crippen LogP contribution in [0.3, 0.4) is 0 Å². The first kappa shape index (κ1) is 37.5. The van der Waals surface area contributed by atoms with E-state index in [0.717, 1.165) is 36.5 Å². The van der Waals surface area contributed by atoms with Crippen molar-refractivity contribution < 1.29 is 73.2 Å². The molecule has 4 aliphatic carbocycles. The van der Waals surface area contributed by atoms with Gasteiger partial charge < -0.3 is 39.1 Å². The molecule has 5 rings (SSSR count). The summed E-state index contributed by atoms with van der Waals surface area (Å²) in [4.78, 5) is 12.7. The molecule has 0 amide bonds. The fourth-order valence-electron chi connectivity index (χ4n) is 10.2. The molecule has 248 valence electrons. The molecule has 0 bridgehead atoms. The van der Waals surface area contributed by atoms with E-state index in [9.17, 15) is 29.9 Å². The SMILES string of the molecule is CC(C)CCC[C@@H](C)[C@H]1CC[C@H]2[C@@H]3CC=C4C[C@@H](OP(=O)([O-])OC[C@H]5OC(O)[C@H](O)[C@@H](O)[C@@H]5O)CC[C@]4(C)[C@H]3CC[C@]12C.[Na+]. The fraction of sp³-hybridized carbons (Fsp3) is 0.939. The number of ether oxygens (including phenoxy) is 1. The van der Waals surface area contributed by atoms with E-state index in [1.54, 1.807) is 0 Å². The van der Waals surface area contributed by atoms with Crippen molar-refractivity contribution >= 4 is 7.82 Å². The summed E-state index contributed by atoms with van der Waals surface area (Å²) in [5.74, 6) is 4.45. The average Bonchev–Trinajstić information content (AvgIpc) is 3.30. The van der Waals surface area contributed by atoms with Crippen molar-refractivity contribution in [3.63, 3.8) is 0 Å². The first-order valence-electron chi connectivity index (χ1n) is 16.9. The van der Waals surface area contributed by atoms with Crippen molar-refractivity contribution in [3.05, 3.63) is 11.6 Å². The summed E-state index contributed by atoms with van der Waals surface area (Å²) in [6.07, 6.45) is 6.14. The van der Waals surface area contributed by atoms with Gasteiger partial charge in [-0.15, -0.1) is 0 Å². The van der Waals surface area contributed by atoms with Crippen LogP contribution in [0.1, 0.15) is 105 Å². The van der Waals surface area contributed by atoms with Crippen LogP contribution in [0.4, 0.5) is 0 Å². The van der Waals surface area contributed by atoms with E-state index >= 15 is 0 Å². The molecule has 2 unspecified atom stereocenters. The van der Waals surface area contributed by atoms with E-state index in [4.69, 9.17) is 13.8 Å². The van der Waals surface area contributed by atoms with Crippen molar-refractivity contribution in [2.24, 2.45) is 46.3 Å². The number of fused-ring (bicyclic) bond motifs is 5. The Balaban J connectivity index is 0.00000442. The molecule has 9 nitrogen and oxygen atoms in total. The molecule has 4 fully saturated rings. The Bertz CT molecular complexity index is 1060. The molecule has 0 spiro atoms. The molecule has 1 aliphatic heterocycles. The van der Waals surface area contributed by atoms with Gasteiger partial charge in [0.25, 0.3) is 7.82 Å². The zero-order chi connectivity index (χ0) is 31.3. The number of phosphoric acid groups is 1. The molecule has 1 heterocycles. The molecule has 0 aromatic rings. The Morgan fingerprint density at radius 3 is 2.43 bits per heavy atom. The van der Waals surface area contributed by atoms with Crippen LogP contribution < -0.4 is 34.5 Å². The minimum Gasteiger partial charge on any atom is -0.756 e. The van der Waals surface area contributed by atoms with Gasteiger partial charge in [0.2, 0.25) is 0 Å². The number of hydrogen-bond donors (Lipinski definition) is 4. The molecule has 3 saturated carbocycles. The molecular weight excluding hydrogens is 594 g/mol. The molecule has 11 heteroatoms. The number of aliphatic hydroxyl groups is 4. The maximum Gasteiger partial charge on any atom is 1.00 e. The number of hydrogen-bond acceptors (Lipinski definition) is 9. The van der Waals surface area contributed by atoms with Gasteiger partial charge in [-0.1, -0.05) is 65.5 Å². The predicted molar refractivity (Wildman–Crippen MR) is 160 cm³/mol. The maximum atomic E-state index is 12.7. The van der Waals surface area contributed by atoms with Crippen LogP contribution in [0, 0.1) is 46.3 Å². The van der Waals surface area contributed by atoms with Gasteiger partial charge in [0, 0.05) is 0 Å². The second-order valence-electron chi connectivity index (χ2n) is 15.5. The van der Waals surface area contributed by atoms with Crippen molar-refractivity contribution in [1.29, 1.82) is 0 Å². The van der Waals surface area contributed by atoms with Crippen LogP contribution in [0.15, 0.2) is 11.6 Å². The zero-order valence-corrected chi connectivity index (χ0v) is 30.7. The molecule has 5 aliphatic rings. The van der Waals surface area contributed by atoms with Crippen molar-refractivity contribution in [2.75, 3.05) is 6.61 Å². The number of rotatable bonds is 10. The quantitative estimate of drug-likeness (QED) is 0.158. The molecule has 14 atom stereocenters. The van der Waals surface area contributed by atoms with E-state index in [-0.39, 0.29) is 35.0 Å². The second kappa shape index (κ2) is 14.6. The van der Waals surface area contributed by atoms with Gasteiger partial charge in [0.1, 0.15) is 24.4 Å². The summed E-state index contributed by atoms with van der Waals surface area (Å²) in [7, 11) is -4.76. The fourth-order valence-corrected chi connectivity index (χ4v) is 11.1. The van der Waals surface area contributed by atoms with Gasteiger partial charge in [0.05, 0.1) is 12.7 Å². The van der Waals surface area contributed by atoms with Gasteiger partial charge in [-0.2, -0.15) is 0 Å². The monoisotopic (exact) mass is 650 g/mol. The normalized spacial score (nSPS) is 45.8.